The number of carboxylic acids is 1. The lowest BCUT2D eigenvalue weighted by Crippen LogP contribution is -1.98. The number of benzene rings is 1. The van der Waals surface area contributed by atoms with Crippen molar-refractivity contribution in [3.63, 3.8) is 0 Å². The van der Waals surface area contributed by atoms with Gasteiger partial charge < -0.3 is 9.84 Å². The van der Waals surface area contributed by atoms with Crippen molar-refractivity contribution in [1.82, 2.24) is 4.98 Å². The molecule has 108 valence electrons. The molecule has 1 aromatic heterocycles. The standard InChI is InChI=1S/C15H11BrFNO3/c16-14-5-1-11(17)7-10(14)9-21-13-4-2-12(18-8-13)3-6-15(19)20/h1-8H,9H2,(H,19,20). The summed E-state index contributed by atoms with van der Waals surface area (Å²) in [6.45, 7) is 0.199. The Morgan fingerprint density at radius 1 is 1.38 bits per heavy atom. The van der Waals surface area contributed by atoms with Gasteiger partial charge in [0.05, 0.1) is 11.9 Å². The Labute approximate surface area is 129 Å². The molecule has 0 aliphatic heterocycles. The van der Waals surface area contributed by atoms with Gasteiger partial charge in [0.1, 0.15) is 18.2 Å². The molecular formula is C15H11BrFNO3. The van der Waals surface area contributed by atoms with Crippen LogP contribution in [0.25, 0.3) is 6.08 Å². The summed E-state index contributed by atoms with van der Waals surface area (Å²) >= 11 is 3.32. The molecule has 0 saturated heterocycles. The highest BCUT2D eigenvalue weighted by Gasteiger charge is 2.03. The van der Waals surface area contributed by atoms with Crippen molar-refractivity contribution < 1.29 is 19.0 Å². The van der Waals surface area contributed by atoms with Crippen LogP contribution >= 0.6 is 15.9 Å². The second-order valence-corrected chi connectivity index (χ2v) is 4.97. The van der Waals surface area contributed by atoms with E-state index in [-0.39, 0.29) is 12.4 Å². The first kappa shape index (κ1) is 15.2. The molecule has 0 radical (unpaired) electrons. The summed E-state index contributed by atoms with van der Waals surface area (Å²) in [5.74, 6) is -0.851. The molecule has 1 aromatic carbocycles. The lowest BCUT2D eigenvalue weighted by molar-refractivity contribution is -0.131. The molecule has 0 aliphatic carbocycles. The maximum atomic E-state index is 13.1. The van der Waals surface area contributed by atoms with E-state index in [0.29, 0.717) is 17.0 Å². The van der Waals surface area contributed by atoms with Gasteiger partial charge in [0.25, 0.3) is 0 Å². The fourth-order valence-electron chi connectivity index (χ4n) is 1.55. The summed E-state index contributed by atoms with van der Waals surface area (Å²) in [5, 5.41) is 8.51. The maximum Gasteiger partial charge on any atom is 0.328 e. The van der Waals surface area contributed by atoms with Gasteiger partial charge in [-0.05, 0) is 36.4 Å². The van der Waals surface area contributed by atoms with Crippen LogP contribution in [0.15, 0.2) is 47.1 Å². The molecule has 1 heterocycles. The van der Waals surface area contributed by atoms with Crippen molar-refractivity contribution in [1.29, 1.82) is 0 Å². The molecule has 2 rings (SSSR count). The molecule has 0 unspecified atom stereocenters. The molecule has 0 atom stereocenters. The van der Waals surface area contributed by atoms with Crippen LogP contribution in [-0.2, 0) is 11.4 Å². The van der Waals surface area contributed by atoms with Gasteiger partial charge in [-0.3, -0.25) is 4.98 Å². The molecule has 6 heteroatoms. The third-order valence-electron chi connectivity index (χ3n) is 2.56. The second-order valence-electron chi connectivity index (χ2n) is 4.11. The van der Waals surface area contributed by atoms with Crippen LogP contribution in [0.5, 0.6) is 5.75 Å². The highest BCUT2D eigenvalue weighted by molar-refractivity contribution is 9.10. The van der Waals surface area contributed by atoms with E-state index < -0.39 is 5.97 Å². The number of rotatable bonds is 5. The molecule has 2 aromatic rings. The topological polar surface area (TPSA) is 59.4 Å². The number of aromatic nitrogens is 1. The lowest BCUT2D eigenvalue weighted by atomic mass is 10.2. The number of ether oxygens (including phenoxy) is 1. The van der Waals surface area contributed by atoms with Crippen LogP contribution < -0.4 is 4.74 Å². The fourth-order valence-corrected chi connectivity index (χ4v) is 1.91. The minimum absolute atomic E-state index is 0.199. The van der Waals surface area contributed by atoms with E-state index in [4.69, 9.17) is 9.84 Å². The second kappa shape index (κ2) is 6.99. The highest BCUT2D eigenvalue weighted by Crippen LogP contribution is 2.20. The van der Waals surface area contributed by atoms with E-state index in [1.807, 2.05) is 0 Å². The fraction of sp³-hybridized carbons (Fsp3) is 0.0667. The quantitative estimate of drug-likeness (QED) is 0.835. The summed E-state index contributed by atoms with van der Waals surface area (Å²) in [4.78, 5) is 14.4. The lowest BCUT2D eigenvalue weighted by Gasteiger charge is -2.08. The molecule has 0 saturated carbocycles. The number of carbonyl (C=O) groups is 1. The average molecular weight is 352 g/mol. The van der Waals surface area contributed by atoms with Crippen molar-refractivity contribution >= 4 is 28.0 Å². The van der Waals surface area contributed by atoms with Gasteiger partial charge in [-0.2, -0.15) is 0 Å². The van der Waals surface area contributed by atoms with Gasteiger partial charge in [-0.1, -0.05) is 15.9 Å². The molecule has 0 bridgehead atoms. The largest absolute Gasteiger partial charge is 0.487 e. The molecule has 1 N–H and O–H groups in total. The highest BCUT2D eigenvalue weighted by atomic mass is 79.9. The maximum absolute atomic E-state index is 13.1. The molecule has 0 amide bonds. The van der Waals surface area contributed by atoms with Crippen molar-refractivity contribution in [2.45, 2.75) is 6.61 Å². The van der Waals surface area contributed by atoms with Crippen LogP contribution in [0.2, 0.25) is 0 Å². The number of pyridine rings is 1. The summed E-state index contributed by atoms with van der Waals surface area (Å²) < 4.78 is 19.4. The molecule has 21 heavy (non-hydrogen) atoms. The van der Waals surface area contributed by atoms with Gasteiger partial charge in [0.2, 0.25) is 0 Å². The minimum Gasteiger partial charge on any atom is -0.487 e. The van der Waals surface area contributed by atoms with E-state index in [0.717, 1.165) is 10.5 Å². The number of hydrogen-bond donors (Lipinski definition) is 1. The summed E-state index contributed by atoms with van der Waals surface area (Å²) in [6.07, 6.45) is 3.87. The van der Waals surface area contributed by atoms with Crippen LogP contribution in [0.4, 0.5) is 4.39 Å². The zero-order valence-electron chi connectivity index (χ0n) is 10.8. The average Bonchev–Trinajstić information content (AvgIpc) is 2.47. The van der Waals surface area contributed by atoms with E-state index in [2.05, 4.69) is 20.9 Å². The third-order valence-corrected chi connectivity index (χ3v) is 3.33. The Hall–Kier alpha value is -2.21. The summed E-state index contributed by atoms with van der Waals surface area (Å²) in [5.41, 5.74) is 1.20. The Morgan fingerprint density at radius 2 is 2.19 bits per heavy atom. The van der Waals surface area contributed by atoms with Gasteiger partial charge in [-0.25, -0.2) is 9.18 Å². The Bertz CT molecular complexity index is 671. The zero-order valence-corrected chi connectivity index (χ0v) is 12.4. The first-order chi connectivity index (χ1) is 10.0. The molecule has 0 spiro atoms. The number of aliphatic carboxylic acids is 1. The van der Waals surface area contributed by atoms with Crippen molar-refractivity contribution in [2.24, 2.45) is 0 Å². The van der Waals surface area contributed by atoms with Gasteiger partial charge >= 0.3 is 5.97 Å². The minimum atomic E-state index is -1.03. The van der Waals surface area contributed by atoms with E-state index >= 15 is 0 Å². The number of halogens is 2. The number of hydrogen-bond acceptors (Lipinski definition) is 3. The van der Waals surface area contributed by atoms with Crippen LogP contribution in [0.1, 0.15) is 11.3 Å². The predicted molar refractivity (Wildman–Crippen MR) is 79.3 cm³/mol. The van der Waals surface area contributed by atoms with Crippen LogP contribution in [-0.4, -0.2) is 16.1 Å². The van der Waals surface area contributed by atoms with Gasteiger partial charge in [0, 0.05) is 16.1 Å². The smallest absolute Gasteiger partial charge is 0.328 e. The van der Waals surface area contributed by atoms with Crippen LogP contribution in [0.3, 0.4) is 0 Å². The molecular weight excluding hydrogens is 341 g/mol. The predicted octanol–water partition coefficient (Wildman–Crippen LogP) is 3.66. The first-order valence-electron chi connectivity index (χ1n) is 5.98. The molecule has 0 aliphatic rings. The SMILES string of the molecule is O=C(O)C=Cc1ccc(OCc2cc(F)ccc2Br)cn1. The Morgan fingerprint density at radius 3 is 2.86 bits per heavy atom. The number of nitrogens with zero attached hydrogens (tertiary/aromatic N) is 1. The van der Waals surface area contributed by atoms with E-state index in [9.17, 15) is 9.18 Å². The first-order valence-corrected chi connectivity index (χ1v) is 6.77. The van der Waals surface area contributed by atoms with E-state index in [1.54, 1.807) is 18.2 Å². The normalized spacial score (nSPS) is 10.8. The number of carboxylic acid groups (broad SMARTS) is 1. The summed E-state index contributed by atoms with van der Waals surface area (Å²) in [7, 11) is 0. The Balaban J connectivity index is 2.00. The molecule has 0 fully saturated rings. The van der Waals surface area contributed by atoms with E-state index in [1.165, 1.54) is 24.4 Å². The third kappa shape index (κ3) is 4.68. The van der Waals surface area contributed by atoms with Crippen molar-refractivity contribution in [3.05, 3.63) is 64.2 Å². The zero-order chi connectivity index (χ0) is 15.2. The van der Waals surface area contributed by atoms with Crippen molar-refractivity contribution in [2.75, 3.05) is 0 Å². The Kier molecular flexibility index (Phi) is 5.05. The van der Waals surface area contributed by atoms with Crippen molar-refractivity contribution in [3.8, 4) is 5.75 Å². The summed E-state index contributed by atoms with van der Waals surface area (Å²) in [6, 6.07) is 7.67. The monoisotopic (exact) mass is 351 g/mol. The van der Waals surface area contributed by atoms with Crippen LogP contribution in [0, 0.1) is 5.82 Å². The molecule has 4 nitrogen and oxygen atoms in total. The van der Waals surface area contributed by atoms with Gasteiger partial charge in [0.15, 0.2) is 0 Å². The van der Waals surface area contributed by atoms with Gasteiger partial charge in [-0.15, -0.1) is 0 Å².